The van der Waals surface area contributed by atoms with Crippen LogP contribution in [0.15, 0.2) is 83.8 Å². The number of benzene rings is 3. The Morgan fingerprint density at radius 1 is 0.903 bits per heavy atom. The third kappa shape index (κ3) is 5.56. The smallest absolute Gasteiger partial charge is 0.339 e. The van der Waals surface area contributed by atoms with Gasteiger partial charge < -0.3 is 10.1 Å². The third-order valence-electron chi connectivity index (χ3n) is 4.53. The van der Waals surface area contributed by atoms with Crippen molar-refractivity contribution in [3.8, 4) is 0 Å². The largest absolute Gasteiger partial charge is 0.444 e. The second kappa shape index (κ2) is 9.55. The van der Waals surface area contributed by atoms with Crippen LogP contribution < -0.4 is 10.0 Å². The van der Waals surface area contributed by atoms with Crippen LogP contribution in [0.2, 0.25) is 0 Å². The summed E-state index contributed by atoms with van der Waals surface area (Å²) in [4.78, 5) is 25.6. The molecule has 31 heavy (non-hydrogen) atoms. The molecule has 0 aliphatic rings. The average Bonchev–Trinajstić information content (AvgIpc) is 2.79. The van der Waals surface area contributed by atoms with Gasteiger partial charge >= 0.3 is 5.97 Å². The average molecular weight is 439 g/mol. The van der Waals surface area contributed by atoms with E-state index in [9.17, 15) is 18.0 Å². The third-order valence-corrected chi connectivity index (χ3v) is 5.95. The number of anilines is 1. The molecular weight excluding hydrogens is 416 g/mol. The number of nitrogens with one attached hydrogen (secondary N) is 2. The van der Waals surface area contributed by atoms with Crippen LogP contribution in [-0.4, -0.2) is 27.3 Å². The van der Waals surface area contributed by atoms with Crippen molar-refractivity contribution in [3.63, 3.8) is 0 Å². The van der Waals surface area contributed by atoms with E-state index >= 15 is 0 Å². The molecule has 0 saturated carbocycles. The number of sulfonamides is 1. The Hall–Kier alpha value is -3.49. The first-order valence-electron chi connectivity index (χ1n) is 9.47. The van der Waals surface area contributed by atoms with E-state index in [1.54, 1.807) is 42.5 Å². The van der Waals surface area contributed by atoms with Gasteiger partial charge in [-0.1, -0.05) is 54.1 Å². The SMILES string of the molecule is CNS(=O)(=O)c1cccc(C(=O)OC(C(=O)Nc2ccc(C)cc2)c2ccccc2)c1. The Kier molecular flexibility index (Phi) is 6.84. The molecule has 3 aromatic carbocycles. The number of carbonyl (C=O) groups is 2. The molecule has 160 valence electrons. The molecule has 3 aromatic rings. The molecule has 1 atom stereocenters. The summed E-state index contributed by atoms with van der Waals surface area (Å²) in [6.45, 7) is 1.93. The molecule has 0 bridgehead atoms. The van der Waals surface area contributed by atoms with Gasteiger partial charge in [-0.2, -0.15) is 0 Å². The number of rotatable bonds is 7. The second-order valence-corrected chi connectivity index (χ2v) is 8.67. The number of esters is 1. The molecule has 2 N–H and O–H groups in total. The Morgan fingerprint density at radius 2 is 1.58 bits per heavy atom. The summed E-state index contributed by atoms with van der Waals surface area (Å²) >= 11 is 0. The van der Waals surface area contributed by atoms with Gasteiger partial charge in [0.25, 0.3) is 5.91 Å². The van der Waals surface area contributed by atoms with Crippen molar-refractivity contribution in [2.24, 2.45) is 0 Å². The van der Waals surface area contributed by atoms with E-state index in [1.165, 1.54) is 31.3 Å². The highest BCUT2D eigenvalue weighted by Crippen LogP contribution is 2.23. The highest BCUT2D eigenvalue weighted by Gasteiger charge is 2.26. The zero-order valence-corrected chi connectivity index (χ0v) is 17.8. The molecule has 0 fully saturated rings. The number of hydrogen-bond donors (Lipinski definition) is 2. The van der Waals surface area contributed by atoms with E-state index in [4.69, 9.17) is 4.74 Å². The summed E-state index contributed by atoms with van der Waals surface area (Å²) in [6.07, 6.45) is -1.22. The van der Waals surface area contributed by atoms with Gasteiger partial charge in [0, 0.05) is 11.3 Å². The van der Waals surface area contributed by atoms with E-state index in [1.807, 2.05) is 19.1 Å². The van der Waals surface area contributed by atoms with E-state index in [2.05, 4.69) is 10.0 Å². The fraction of sp³-hybridized carbons (Fsp3) is 0.130. The van der Waals surface area contributed by atoms with Crippen molar-refractivity contribution in [3.05, 3.63) is 95.6 Å². The monoisotopic (exact) mass is 438 g/mol. The topological polar surface area (TPSA) is 102 Å². The summed E-state index contributed by atoms with van der Waals surface area (Å²) in [7, 11) is -2.45. The van der Waals surface area contributed by atoms with Gasteiger partial charge in [-0.3, -0.25) is 4.79 Å². The Bertz CT molecular complexity index is 1180. The molecule has 1 unspecified atom stereocenters. The van der Waals surface area contributed by atoms with Gasteiger partial charge in [0.2, 0.25) is 16.1 Å². The molecule has 0 saturated heterocycles. The highest BCUT2D eigenvalue weighted by molar-refractivity contribution is 7.89. The number of amides is 1. The summed E-state index contributed by atoms with van der Waals surface area (Å²) in [5.74, 6) is -1.34. The summed E-state index contributed by atoms with van der Waals surface area (Å²) < 4.78 is 31.8. The molecule has 1 amide bonds. The highest BCUT2D eigenvalue weighted by atomic mass is 32.2. The first-order chi connectivity index (χ1) is 14.8. The lowest BCUT2D eigenvalue weighted by atomic mass is 10.1. The maximum Gasteiger partial charge on any atom is 0.339 e. The maximum atomic E-state index is 12.9. The lowest BCUT2D eigenvalue weighted by Crippen LogP contribution is -2.26. The second-order valence-electron chi connectivity index (χ2n) is 6.79. The lowest BCUT2D eigenvalue weighted by molar-refractivity contribution is -0.125. The van der Waals surface area contributed by atoms with Crippen LogP contribution in [0.3, 0.4) is 0 Å². The predicted molar refractivity (Wildman–Crippen MR) is 117 cm³/mol. The van der Waals surface area contributed by atoms with E-state index < -0.39 is 28.0 Å². The van der Waals surface area contributed by atoms with Crippen molar-refractivity contribution < 1.29 is 22.7 Å². The molecule has 0 radical (unpaired) electrons. The standard InChI is InChI=1S/C23H22N2O5S/c1-16-11-13-19(14-12-16)25-22(26)21(17-7-4-3-5-8-17)30-23(27)18-9-6-10-20(15-18)31(28,29)24-2/h3-15,21,24H,1-2H3,(H,25,26). The number of ether oxygens (including phenoxy) is 1. The van der Waals surface area contributed by atoms with Crippen molar-refractivity contribution in [2.75, 3.05) is 12.4 Å². The van der Waals surface area contributed by atoms with Crippen LogP contribution in [0.25, 0.3) is 0 Å². The summed E-state index contributed by atoms with van der Waals surface area (Å²) in [6, 6.07) is 21.2. The van der Waals surface area contributed by atoms with Crippen LogP contribution in [0, 0.1) is 6.92 Å². The molecule has 0 aliphatic heterocycles. The van der Waals surface area contributed by atoms with Crippen LogP contribution >= 0.6 is 0 Å². The Balaban J connectivity index is 1.87. The van der Waals surface area contributed by atoms with Crippen LogP contribution in [0.5, 0.6) is 0 Å². The van der Waals surface area contributed by atoms with Gasteiger partial charge in [0.15, 0.2) is 0 Å². The van der Waals surface area contributed by atoms with Gasteiger partial charge in [-0.05, 0) is 44.3 Å². The van der Waals surface area contributed by atoms with Crippen molar-refractivity contribution in [2.45, 2.75) is 17.9 Å². The molecule has 0 aromatic heterocycles. The minimum Gasteiger partial charge on any atom is -0.444 e. The van der Waals surface area contributed by atoms with E-state index in [-0.39, 0.29) is 10.5 Å². The first-order valence-corrected chi connectivity index (χ1v) is 11.0. The van der Waals surface area contributed by atoms with Gasteiger partial charge in [-0.25, -0.2) is 17.9 Å². The predicted octanol–water partition coefficient (Wildman–Crippen LogP) is 3.44. The van der Waals surface area contributed by atoms with E-state index in [0.717, 1.165) is 5.56 Å². The van der Waals surface area contributed by atoms with E-state index in [0.29, 0.717) is 11.3 Å². The minimum atomic E-state index is -3.73. The first kappa shape index (κ1) is 22.2. The fourth-order valence-corrected chi connectivity index (χ4v) is 3.60. The number of hydrogen-bond acceptors (Lipinski definition) is 5. The quantitative estimate of drug-likeness (QED) is 0.550. The normalized spacial score (nSPS) is 12.1. The Labute approximate surface area is 181 Å². The van der Waals surface area contributed by atoms with Crippen LogP contribution in [0.1, 0.15) is 27.6 Å². The lowest BCUT2D eigenvalue weighted by Gasteiger charge is -2.18. The summed E-state index contributed by atoms with van der Waals surface area (Å²) in [5.41, 5.74) is 2.11. The zero-order valence-electron chi connectivity index (χ0n) is 17.0. The van der Waals surface area contributed by atoms with Gasteiger partial charge in [0.1, 0.15) is 0 Å². The zero-order chi connectivity index (χ0) is 22.4. The summed E-state index contributed by atoms with van der Waals surface area (Å²) in [5, 5.41) is 2.75. The number of carbonyl (C=O) groups excluding carboxylic acids is 2. The van der Waals surface area contributed by atoms with Gasteiger partial charge in [0.05, 0.1) is 10.5 Å². The minimum absolute atomic E-state index is 0.0143. The van der Waals surface area contributed by atoms with Crippen molar-refractivity contribution in [1.29, 1.82) is 0 Å². The molecule has 3 rings (SSSR count). The van der Waals surface area contributed by atoms with Crippen LogP contribution in [-0.2, 0) is 19.6 Å². The van der Waals surface area contributed by atoms with Gasteiger partial charge in [-0.15, -0.1) is 0 Å². The molecule has 0 heterocycles. The van der Waals surface area contributed by atoms with Crippen molar-refractivity contribution >= 4 is 27.6 Å². The molecule has 8 heteroatoms. The molecule has 0 aliphatic carbocycles. The number of aryl methyl sites for hydroxylation is 1. The Morgan fingerprint density at radius 3 is 2.23 bits per heavy atom. The fourth-order valence-electron chi connectivity index (χ4n) is 2.83. The maximum absolute atomic E-state index is 12.9. The molecule has 0 spiro atoms. The molecule has 7 nitrogen and oxygen atoms in total. The molecular formula is C23H22N2O5S. The van der Waals surface area contributed by atoms with Crippen molar-refractivity contribution in [1.82, 2.24) is 4.72 Å². The van der Waals surface area contributed by atoms with Crippen LogP contribution in [0.4, 0.5) is 5.69 Å².